The zero-order chi connectivity index (χ0) is 24.9. The van der Waals surface area contributed by atoms with Gasteiger partial charge in [0.2, 0.25) is 0 Å². The van der Waals surface area contributed by atoms with Crippen molar-refractivity contribution in [2.45, 2.75) is 6.42 Å². The molecule has 4 aromatic rings. The van der Waals surface area contributed by atoms with Crippen molar-refractivity contribution in [3.05, 3.63) is 119 Å². The van der Waals surface area contributed by atoms with Crippen LogP contribution in [0, 0.1) is 23.3 Å². The van der Waals surface area contributed by atoms with Crippen LogP contribution in [0.1, 0.15) is 15.9 Å². The van der Waals surface area contributed by atoms with Crippen molar-refractivity contribution < 1.29 is 31.9 Å². The van der Waals surface area contributed by atoms with E-state index in [0.29, 0.717) is 11.6 Å². The lowest BCUT2D eigenvalue weighted by Crippen LogP contribution is -2.17. The topological polar surface area (TPSA) is 55.4 Å². The molecule has 0 aromatic heterocycles. The lowest BCUT2D eigenvalue weighted by molar-refractivity contribution is -0.133. The molecule has 0 heterocycles. The van der Waals surface area contributed by atoms with Gasteiger partial charge in [0.1, 0.15) is 29.0 Å². The molecule has 0 fully saturated rings. The third kappa shape index (κ3) is 5.92. The molecular weight excluding hydrogens is 462 g/mol. The van der Waals surface area contributed by atoms with Gasteiger partial charge in [-0.1, -0.05) is 18.2 Å². The van der Waals surface area contributed by atoms with Crippen molar-refractivity contribution in [2.75, 3.05) is 5.32 Å². The van der Waals surface area contributed by atoms with Gasteiger partial charge in [-0.05, 0) is 71.8 Å². The summed E-state index contributed by atoms with van der Waals surface area (Å²) in [5, 5.41) is 2.57. The number of esters is 1. The third-order valence-corrected chi connectivity index (χ3v) is 5.05. The molecule has 176 valence electrons. The predicted octanol–water partition coefficient (Wildman–Crippen LogP) is 6.31. The van der Waals surface area contributed by atoms with Crippen molar-refractivity contribution in [3.8, 4) is 16.9 Å². The van der Waals surface area contributed by atoms with Gasteiger partial charge >= 0.3 is 5.97 Å². The largest absolute Gasteiger partial charge is 0.425 e. The van der Waals surface area contributed by atoms with Crippen molar-refractivity contribution in [1.82, 2.24) is 0 Å². The summed E-state index contributed by atoms with van der Waals surface area (Å²) in [4.78, 5) is 25.5. The molecule has 4 nitrogen and oxygen atoms in total. The second kappa shape index (κ2) is 10.2. The van der Waals surface area contributed by atoms with Gasteiger partial charge in [-0.2, -0.15) is 0 Å². The lowest BCUT2D eigenvalue weighted by Gasteiger charge is -2.13. The zero-order valence-electron chi connectivity index (χ0n) is 18.0. The number of carbonyl (C=O) groups is 2. The predicted molar refractivity (Wildman–Crippen MR) is 122 cm³/mol. The quantitative estimate of drug-likeness (QED) is 0.200. The van der Waals surface area contributed by atoms with E-state index >= 15 is 0 Å². The Balaban J connectivity index is 1.65. The van der Waals surface area contributed by atoms with Gasteiger partial charge in [0.15, 0.2) is 0 Å². The second-order valence-electron chi connectivity index (χ2n) is 7.57. The number of benzene rings is 4. The van der Waals surface area contributed by atoms with E-state index in [1.54, 1.807) is 0 Å². The first-order chi connectivity index (χ1) is 16.8. The van der Waals surface area contributed by atoms with E-state index in [2.05, 4.69) is 5.32 Å². The number of amides is 1. The molecule has 0 aliphatic carbocycles. The molecule has 4 aromatic carbocycles. The number of carbonyl (C=O) groups excluding carboxylic acids is 2. The first kappa shape index (κ1) is 23.7. The molecule has 8 heteroatoms. The van der Waals surface area contributed by atoms with Gasteiger partial charge in [0.05, 0.1) is 12.0 Å². The monoisotopic (exact) mass is 479 g/mol. The SMILES string of the molecule is O=C(Cc1ccc(F)cc1)Oc1ccc(-c2ccc(F)cc2F)cc1C(=O)Nc1ccc(F)cc1. The molecule has 1 N–H and O–H groups in total. The lowest BCUT2D eigenvalue weighted by atomic mass is 10.0. The minimum Gasteiger partial charge on any atom is -0.425 e. The Morgan fingerprint density at radius 2 is 1.34 bits per heavy atom. The maximum atomic E-state index is 14.3. The maximum absolute atomic E-state index is 14.3. The van der Waals surface area contributed by atoms with Crippen LogP contribution >= 0.6 is 0 Å². The summed E-state index contributed by atoms with van der Waals surface area (Å²) in [5.74, 6) is -4.07. The van der Waals surface area contributed by atoms with Crippen LogP contribution in [-0.2, 0) is 11.2 Å². The summed E-state index contributed by atoms with van der Waals surface area (Å²) in [6.07, 6.45) is -0.187. The van der Waals surface area contributed by atoms with E-state index < -0.39 is 35.1 Å². The van der Waals surface area contributed by atoms with Gasteiger partial charge < -0.3 is 10.1 Å². The average Bonchev–Trinajstić information content (AvgIpc) is 2.82. The van der Waals surface area contributed by atoms with Crippen molar-refractivity contribution in [3.63, 3.8) is 0 Å². The number of anilines is 1. The number of nitrogens with one attached hydrogen (secondary N) is 1. The van der Waals surface area contributed by atoms with E-state index in [1.165, 1.54) is 60.7 Å². The number of hydrogen-bond donors (Lipinski definition) is 1. The van der Waals surface area contributed by atoms with Gasteiger partial charge in [-0.15, -0.1) is 0 Å². The highest BCUT2D eigenvalue weighted by Gasteiger charge is 2.19. The summed E-state index contributed by atoms with van der Waals surface area (Å²) < 4.78 is 59.4. The second-order valence-corrected chi connectivity index (χ2v) is 7.57. The van der Waals surface area contributed by atoms with Crippen LogP contribution in [0.25, 0.3) is 11.1 Å². The van der Waals surface area contributed by atoms with Crippen LogP contribution in [0.5, 0.6) is 5.75 Å². The highest BCUT2D eigenvalue weighted by atomic mass is 19.1. The van der Waals surface area contributed by atoms with Crippen molar-refractivity contribution in [1.29, 1.82) is 0 Å². The number of ether oxygens (including phenoxy) is 1. The van der Waals surface area contributed by atoms with Crippen LogP contribution in [0.2, 0.25) is 0 Å². The molecule has 1 amide bonds. The standard InChI is InChI=1S/C27H17F4NO3/c28-18-4-1-16(2-5-18)13-26(33)35-25-12-3-17(22-11-8-20(30)15-24(22)31)14-23(25)27(34)32-21-9-6-19(29)7-10-21/h1-12,14-15H,13H2,(H,32,34). The Hall–Kier alpha value is -4.46. The molecule has 0 unspecified atom stereocenters. The van der Waals surface area contributed by atoms with Gasteiger partial charge in [0, 0.05) is 17.3 Å². The third-order valence-electron chi connectivity index (χ3n) is 5.05. The Morgan fingerprint density at radius 1 is 0.714 bits per heavy atom. The molecule has 0 aliphatic heterocycles. The fourth-order valence-corrected chi connectivity index (χ4v) is 3.35. The van der Waals surface area contributed by atoms with Crippen LogP contribution < -0.4 is 10.1 Å². The van der Waals surface area contributed by atoms with Crippen molar-refractivity contribution in [2.24, 2.45) is 0 Å². The van der Waals surface area contributed by atoms with Crippen molar-refractivity contribution >= 4 is 17.6 Å². The van der Waals surface area contributed by atoms with E-state index in [4.69, 9.17) is 4.74 Å². The Morgan fingerprint density at radius 3 is 2.00 bits per heavy atom. The van der Waals surface area contributed by atoms with Gasteiger partial charge in [0.25, 0.3) is 5.91 Å². The molecule has 0 saturated heterocycles. The number of rotatable bonds is 6. The van der Waals surface area contributed by atoms with E-state index in [-0.39, 0.29) is 34.5 Å². The zero-order valence-corrected chi connectivity index (χ0v) is 18.0. The number of halogens is 4. The molecule has 0 bridgehead atoms. The highest BCUT2D eigenvalue weighted by Crippen LogP contribution is 2.30. The summed E-state index contributed by atoms with van der Waals surface area (Å²) in [7, 11) is 0. The van der Waals surface area contributed by atoms with Crippen LogP contribution in [0.3, 0.4) is 0 Å². The smallest absolute Gasteiger partial charge is 0.315 e. The molecule has 0 radical (unpaired) electrons. The summed E-state index contributed by atoms with van der Waals surface area (Å²) in [6, 6.07) is 17.3. The first-order valence-corrected chi connectivity index (χ1v) is 10.4. The minimum atomic E-state index is -0.837. The highest BCUT2D eigenvalue weighted by molar-refractivity contribution is 6.07. The number of hydrogen-bond acceptors (Lipinski definition) is 3. The average molecular weight is 479 g/mol. The Labute approximate surface area is 197 Å². The molecule has 0 spiro atoms. The maximum Gasteiger partial charge on any atom is 0.315 e. The molecule has 0 saturated carbocycles. The first-order valence-electron chi connectivity index (χ1n) is 10.4. The molecule has 0 atom stereocenters. The fourth-order valence-electron chi connectivity index (χ4n) is 3.35. The molecule has 4 rings (SSSR count). The Bertz CT molecular complexity index is 1390. The molecule has 0 aliphatic rings. The van der Waals surface area contributed by atoms with E-state index in [9.17, 15) is 27.2 Å². The summed E-state index contributed by atoms with van der Waals surface area (Å²) >= 11 is 0. The summed E-state index contributed by atoms with van der Waals surface area (Å²) in [6.45, 7) is 0. The van der Waals surface area contributed by atoms with E-state index in [0.717, 1.165) is 18.2 Å². The molecule has 35 heavy (non-hydrogen) atoms. The van der Waals surface area contributed by atoms with Crippen LogP contribution in [0.4, 0.5) is 23.2 Å². The van der Waals surface area contributed by atoms with Gasteiger partial charge in [-0.25, -0.2) is 17.6 Å². The Kier molecular flexibility index (Phi) is 6.91. The summed E-state index contributed by atoms with van der Waals surface area (Å²) in [5.41, 5.74) is 0.941. The fraction of sp³-hybridized carbons (Fsp3) is 0.0370. The molecular formula is C27H17F4NO3. The van der Waals surface area contributed by atoms with Gasteiger partial charge in [-0.3, -0.25) is 9.59 Å². The minimum absolute atomic E-state index is 0.0337. The van der Waals surface area contributed by atoms with Crippen LogP contribution in [0.15, 0.2) is 84.9 Å². The van der Waals surface area contributed by atoms with Crippen LogP contribution in [-0.4, -0.2) is 11.9 Å². The normalized spacial score (nSPS) is 10.6. The van der Waals surface area contributed by atoms with E-state index in [1.807, 2.05) is 0 Å².